The average molecular weight is 340 g/mol. The third kappa shape index (κ3) is 4.26. The van der Waals surface area contributed by atoms with Gasteiger partial charge in [0.1, 0.15) is 0 Å². The summed E-state index contributed by atoms with van der Waals surface area (Å²) in [6.45, 7) is 10.4. The molecule has 2 aliphatic rings. The Balaban J connectivity index is 1.87. The van der Waals surface area contributed by atoms with Crippen LogP contribution in [0, 0.1) is 5.41 Å². The standard InChI is InChI=1S/C17H32N4O3/c1-3-19(4-2)13-15(22)20-7-9-21(10-8-20)16(23)17(14-18)5-11-24-12-6-17/h3-14,18H2,1-2H3. The van der Waals surface area contributed by atoms with Crippen LogP contribution < -0.4 is 5.73 Å². The van der Waals surface area contributed by atoms with E-state index >= 15 is 0 Å². The van der Waals surface area contributed by atoms with Crippen molar-refractivity contribution in [2.45, 2.75) is 26.7 Å². The first kappa shape index (κ1) is 19.1. The molecule has 0 aromatic carbocycles. The Morgan fingerprint density at radius 1 is 1.04 bits per heavy atom. The minimum atomic E-state index is -0.467. The van der Waals surface area contributed by atoms with Crippen molar-refractivity contribution in [2.75, 3.05) is 65.6 Å². The molecule has 0 spiro atoms. The third-order valence-corrected chi connectivity index (χ3v) is 5.47. The van der Waals surface area contributed by atoms with Crippen molar-refractivity contribution < 1.29 is 14.3 Å². The first-order valence-corrected chi connectivity index (χ1v) is 9.13. The Hall–Kier alpha value is -1.18. The fourth-order valence-electron chi connectivity index (χ4n) is 3.50. The van der Waals surface area contributed by atoms with E-state index in [-0.39, 0.29) is 11.8 Å². The van der Waals surface area contributed by atoms with Crippen molar-refractivity contribution in [2.24, 2.45) is 11.1 Å². The van der Waals surface area contributed by atoms with Gasteiger partial charge >= 0.3 is 0 Å². The van der Waals surface area contributed by atoms with Crippen LogP contribution in [0.2, 0.25) is 0 Å². The molecule has 2 amide bonds. The topological polar surface area (TPSA) is 79.1 Å². The van der Waals surface area contributed by atoms with Gasteiger partial charge < -0.3 is 20.3 Å². The van der Waals surface area contributed by atoms with Crippen LogP contribution in [0.4, 0.5) is 0 Å². The normalized spacial score (nSPS) is 21.2. The molecule has 7 nitrogen and oxygen atoms in total. The summed E-state index contributed by atoms with van der Waals surface area (Å²) in [5.74, 6) is 0.301. The molecule has 0 aromatic rings. The fourth-order valence-corrected chi connectivity index (χ4v) is 3.50. The quantitative estimate of drug-likeness (QED) is 0.722. The van der Waals surface area contributed by atoms with Crippen LogP contribution in [0.15, 0.2) is 0 Å². The van der Waals surface area contributed by atoms with Crippen molar-refractivity contribution in [1.29, 1.82) is 0 Å². The summed E-state index contributed by atoms with van der Waals surface area (Å²) in [6.07, 6.45) is 1.40. The monoisotopic (exact) mass is 340 g/mol. The summed E-state index contributed by atoms with van der Waals surface area (Å²) in [5, 5.41) is 0. The van der Waals surface area contributed by atoms with Crippen LogP contribution in [-0.4, -0.2) is 92.1 Å². The highest BCUT2D eigenvalue weighted by Crippen LogP contribution is 2.32. The maximum absolute atomic E-state index is 12.9. The minimum absolute atomic E-state index is 0.143. The lowest BCUT2D eigenvalue weighted by molar-refractivity contribution is -0.151. The Labute approximate surface area is 145 Å². The largest absolute Gasteiger partial charge is 0.381 e. The Bertz CT molecular complexity index is 426. The summed E-state index contributed by atoms with van der Waals surface area (Å²) in [4.78, 5) is 31.2. The lowest BCUT2D eigenvalue weighted by atomic mass is 9.78. The van der Waals surface area contributed by atoms with E-state index in [4.69, 9.17) is 10.5 Å². The van der Waals surface area contributed by atoms with E-state index in [1.54, 1.807) is 0 Å². The van der Waals surface area contributed by atoms with E-state index in [0.717, 1.165) is 13.1 Å². The summed E-state index contributed by atoms with van der Waals surface area (Å²) in [5.41, 5.74) is 5.47. The number of carbonyl (C=O) groups excluding carboxylic acids is 2. The smallest absolute Gasteiger partial charge is 0.236 e. The van der Waals surface area contributed by atoms with Crippen molar-refractivity contribution >= 4 is 11.8 Å². The van der Waals surface area contributed by atoms with E-state index < -0.39 is 5.41 Å². The number of amides is 2. The number of hydrogen-bond donors (Lipinski definition) is 1. The van der Waals surface area contributed by atoms with Crippen molar-refractivity contribution in [3.63, 3.8) is 0 Å². The third-order valence-electron chi connectivity index (χ3n) is 5.47. The second-order valence-corrected chi connectivity index (χ2v) is 6.73. The number of carbonyl (C=O) groups is 2. The van der Waals surface area contributed by atoms with Gasteiger partial charge in [0.25, 0.3) is 0 Å². The Morgan fingerprint density at radius 3 is 2.08 bits per heavy atom. The molecule has 2 rings (SSSR count). The van der Waals surface area contributed by atoms with Gasteiger partial charge in [-0.1, -0.05) is 13.8 Å². The predicted molar refractivity (Wildman–Crippen MR) is 92.5 cm³/mol. The molecule has 24 heavy (non-hydrogen) atoms. The van der Waals surface area contributed by atoms with E-state index in [2.05, 4.69) is 18.7 Å². The van der Waals surface area contributed by atoms with E-state index in [0.29, 0.717) is 65.3 Å². The maximum atomic E-state index is 12.9. The number of nitrogens with two attached hydrogens (primary N) is 1. The van der Waals surface area contributed by atoms with Gasteiger partial charge in [-0.25, -0.2) is 0 Å². The molecule has 0 bridgehead atoms. The van der Waals surface area contributed by atoms with Crippen LogP contribution in [0.5, 0.6) is 0 Å². The number of hydrogen-bond acceptors (Lipinski definition) is 5. The summed E-state index contributed by atoms with van der Waals surface area (Å²) in [6, 6.07) is 0. The van der Waals surface area contributed by atoms with Gasteiger partial charge in [-0.05, 0) is 25.9 Å². The van der Waals surface area contributed by atoms with Crippen LogP contribution in [-0.2, 0) is 14.3 Å². The van der Waals surface area contributed by atoms with Crippen molar-refractivity contribution in [1.82, 2.24) is 14.7 Å². The molecule has 0 unspecified atom stereocenters. The van der Waals surface area contributed by atoms with Gasteiger partial charge in [0, 0.05) is 45.9 Å². The molecular formula is C17H32N4O3. The Morgan fingerprint density at radius 2 is 1.58 bits per heavy atom. The number of piperazine rings is 1. The van der Waals surface area contributed by atoms with Crippen molar-refractivity contribution in [3.05, 3.63) is 0 Å². The molecule has 0 saturated carbocycles. The molecule has 2 saturated heterocycles. The highest BCUT2D eigenvalue weighted by atomic mass is 16.5. The highest BCUT2D eigenvalue weighted by molar-refractivity contribution is 5.84. The predicted octanol–water partition coefficient (Wildman–Crippen LogP) is -0.245. The summed E-state index contributed by atoms with van der Waals surface area (Å²) in [7, 11) is 0. The van der Waals surface area contributed by atoms with E-state index in [9.17, 15) is 9.59 Å². The van der Waals surface area contributed by atoms with Gasteiger partial charge in [-0.15, -0.1) is 0 Å². The molecule has 2 N–H and O–H groups in total. The second-order valence-electron chi connectivity index (χ2n) is 6.73. The van der Waals surface area contributed by atoms with E-state index in [1.807, 2.05) is 9.80 Å². The molecule has 7 heteroatoms. The van der Waals surface area contributed by atoms with E-state index in [1.165, 1.54) is 0 Å². The second kappa shape index (κ2) is 8.78. The van der Waals surface area contributed by atoms with Crippen LogP contribution >= 0.6 is 0 Å². The van der Waals surface area contributed by atoms with Gasteiger partial charge in [-0.3, -0.25) is 14.5 Å². The molecule has 2 fully saturated rings. The highest BCUT2D eigenvalue weighted by Gasteiger charge is 2.42. The average Bonchev–Trinajstić information content (AvgIpc) is 2.65. The number of rotatable bonds is 6. The zero-order valence-corrected chi connectivity index (χ0v) is 15.1. The molecule has 2 heterocycles. The SMILES string of the molecule is CCN(CC)CC(=O)N1CCN(C(=O)C2(CN)CCOCC2)CC1. The van der Waals surface area contributed by atoms with Gasteiger partial charge in [0.15, 0.2) is 0 Å². The number of ether oxygens (including phenoxy) is 1. The first-order valence-electron chi connectivity index (χ1n) is 9.13. The van der Waals surface area contributed by atoms with Crippen LogP contribution in [0.25, 0.3) is 0 Å². The molecular weight excluding hydrogens is 308 g/mol. The summed E-state index contributed by atoms with van der Waals surface area (Å²) >= 11 is 0. The molecule has 0 aromatic heterocycles. The molecule has 0 radical (unpaired) electrons. The molecule has 138 valence electrons. The lowest BCUT2D eigenvalue weighted by Crippen LogP contribution is -2.57. The molecule has 2 aliphatic heterocycles. The zero-order valence-electron chi connectivity index (χ0n) is 15.1. The first-order chi connectivity index (χ1) is 11.6. The molecule has 0 atom stereocenters. The number of nitrogens with zero attached hydrogens (tertiary/aromatic N) is 3. The minimum Gasteiger partial charge on any atom is -0.381 e. The molecule has 0 aliphatic carbocycles. The van der Waals surface area contributed by atoms with Gasteiger partial charge in [-0.2, -0.15) is 0 Å². The lowest BCUT2D eigenvalue weighted by Gasteiger charge is -2.42. The van der Waals surface area contributed by atoms with Gasteiger partial charge in [0.2, 0.25) is 11.8 Å². The zero-order chi connectivity index (χ0) is 17.6. The van der Waals surface area contributed by atoms with Crippen molar-refractivity contribution in [3.8, 4) is 0 Å². The maximum Gasteiger partial charge on any atom is 0.236 e. The number of likely N-dealkylation sites (N-methyl/N-ethyl adjacent to an activating group) is 1. The van der Waals surface area contributed by atoms with Gasteiger partial charge in [0.05, 0.1) is 12.0 Å². The Kier molecular flexibility index (Phi) is 7.01. The fraction of sp³-hybridized carbons (Fsp3) is 0.882. The van der Waals surface area contributed by atoms with Crippen LogP contribution in [0.3, 0.4) is 0 Å². The summed E-state index contributed by atoms with van der Waals surface area (Å²) < 4.78 is 5.39. The van der Waals surface area contributed by atoms with Crippen LogP contribution in [0.1, 0.15) is 26.7 Å².